The SMILES string of the molecule is O=C(NCCc1nc(C(=O)O)cs1)c1cncc(O)c1. The minimum Gasteiger partial charge on any atom is -0.506 e. The molecular formula is C12H11N3O4S. The van der Waals surface area contributed by atoms with Gasteiger partial charge in [0.05, 0.1) is 16.8 Å². The highest BCUT2D eigenvalue weighted by molar-refractivity contribution is 7.09. The molecule has 0 aromatic carbocycles. The van der Waals surface area contributed by atoms with E-state index < -0.39 is 5.97 Å². The van der Waals surface area contributed by atoms with E-state index in [2.05, 4.69) is 15.3 Å². The Kier molecular flexibility index (Phi) is 4.26. The van der Waals surface area contributed by atoms with Crippen molar-refractivity contribution in [2.75, 3.05) is 6.54 Å². The normalized spacial score (nSPS) is 10.2. The van der Waals surface area contributed by atoms with E-state index in [1.807, 2.05) is 0 Å². The minimum absolute atomic E-state index is 0.00788. The second-order valence-corrected chi connectivity index (χ2v) is 4.81. The smallest absolute Gasteiger partial charge is 0.355 e. The number of carbonyl (C=O) groups is 2. The van der Waals surface area contributed by atoms with Gasteiger partial charge >= 0.3 is 5.97 Å². The quantitative estimate of drug-likeness (QED) is 0.755. The molecule has 0 aliphatic carbocycles. The van der Waals surface area contributed by atoms with E-state index in [1.165, 1.54) is 35.2 Å². The van der Waals surface area contributed by atoms with Crippen LogP contribution in [0.15, 0.2) is 23.8 Å². The fourth-order valence-corrected chi connectivity index (χ4v) is 2.23. The van der Waals surface area contributed by atoms with Gasteiger partial charge in [-0.25, -0.2) is 9.78 Å². The third-order valence-electron chi connectivity index (χ3n) is 2.38. The summed E-state index contributed by atoms with van der Waals surface area (Å²) in [6.07, 6.45) is 3.02. The number of carboxylic acids is 1. The maximum absolute atomic E-state index is 11.7. The molecule has 0 aliphatic heterocycles. The van der Waals surface area contributed by atoms with E-state index in [-0.39, 0.29) is 22.9 Å². The second-order valence-electron chi connectivity index (χ2n) is 3.87. The van der Waals surface area contributed by atoms with E-state index in [9.17, 15) is 14.7 Å². The van der Waals surface area contributed by atoms with Crippen molar-refractivity contribution >= 4 is 23.2 Å². The first-order chi connectivity index (χ1) is 9.56. The summed E-state index contributed by atoms with van der Waals surface area (Å²) in [5, 5.41) is 22.7. The Balaban J connectivity index is 1.86. The number of thiazole rings is 1. The number of aromatic carboxylic acids is 1. The summed E-state index contributed by atoms with van der Waals surface area (Å²) in [6, 6.07) is 1.31. The van der Waals surface area contributed by atoms with Gasteiger partial charge in [0.2, 0.25) is 0 Å². The highest BCUT2D eigenvalue weighted by Gasteiger charge is 2.10. The molecule has 20 heavy (non-hydrogen) atoms. The fraction of sp³-hybridized carbons (Fsp3) is 0.167. The summed E-state index contributed by atoms with van der Waals surface area (Å²) >= 11 is 1.23. The summed E-state index contributed by atoms with van der Waals surface area (Å²) in [4.78, 5) is 30.0. The molecule has 2 rings (SSSR count). The van der Waals surface area contributed by atoms with Crippen LogP contribution in [0.4, 0.5) is 0 Å². The van der Waals surface area contributed by atoms with Crippen LogP contribution in [0.1, 0.15) is 25.9 Å². The Labute approximate surface area is 117 Å². The monoisotopic (exact) mass is 293 g/mol. The van der Waals surface area contributed by atoms with Crippen LogP contribution in [-0.4, -0.2) is 38.6 Å². The number of aromatic nitrogens is 2. The highest BCUT2D eigenvalue weighted by atomic mass is 32.1. The summed E-state index contributed by atoms with van der Waals surface area (Å²) in [6.45, 7) is 0.320. The first kappa shape index (κ1) is 13.9. The molecule has 0 radical (unpaired) electrons. The molecule has 2 heterocycles. The zero-order valence-electron chi connectivity index (χ0n) is 10.2. The molecule has 7 nitrogen and oxygen atoms in total. The first-order valence-electron chi connectivity index (χ1n) is 5.66. The van der Waals surface area contributed by atoms with Crippen LogP contribution < -0.4 is 5.32 Å². The lowest BCUT2D eigenvalue weighted by Crippen LogP contribution is -2.25. The maximum Gasteiger partial charge on any atom is 0.355 e. The topological polar surface area (TPSA) is 112 Å². The van der Waals surface area contributed by atoms with Crippen LogP contribution in [0, 0.1) is 0 Å². The van der Waals surface area contributed by atoms with Crippen molar-refractivity contribution in [1.82, 2.24) is 15.3 Å². The van der Waals surface area contributed by atoms with Crippen molar-refractivity contribution in [2.24, 2.45) is 0 Å². The van der Waals surface area contributed by atoms with E-state index >= 15 is 0 Å². The molecule has 0 spiro atoms. The third kappa shape index (κ3) is 3.51. The third-order valence-corrected chi connectivity index (χ3v) is 3.29. The molecule has 3 N–H and O–H groups in total. The number of nitrogens with zero attached hydrogens (tertiary/aromatic N) is 2. The number of carboxylic acid groups (broad SMARTS) is 1. The molecule has 2 aromatic rings. The second kappa shape index (κ2) is 6.11. The Bertz CT molecular complexity index is 641. The Morgan fingerprint density at radius 1 is 1.35 bits per heavy atom. The lowest BCUT2D eigenvalue weighted by molar-refractivity contribution is 0.0690. The van der Waals surface area contributed by atoms with Gasteiger partial charge in [0, 0.05) is 24.5 Å². The molecular weight excluding hydrogens is 282 g/mol. The number of rotatable bonds is 5. The van der Waals surface area contributed by atoms with Gasteiger partial charge in [-0.3, -0.25) is 9.78 Å². The number of hydrogen-bond donors (Lipinski definition) is 3. The first-order valence-corrected chi connectivity index (χ1v) is 6.54. The Morgan fingerprint density at radius 3 is 2.80 bits per heavy atom. The molecule has 8 heteroatoms. The highest BCUT2D eigenvalue weighted by Crippen LogP contribution is 2.10. The molecule has 0 bridgehead atoms. The van der Waals surface area contributed by atoms with Gasteiger partial charge in [-0.15, -0.1) is 11.3 Å². The van der Waals surface area contributed by atoms with Gasteiger partial charge in [0.25, 0.3) is 5.91 Å². The van der Waals surface area contributed by atoms with Gasteiger partial charge in [0.15, 0.2) is 5.69 Å². The van der Waals surface area contributed by atoms with Crippen molar-refractivity contribution in [3.8, 4) is 5.75 Å². The van der Waals surface area contributed by atoms with Crippen LogP contribution in [0.2, 0.25) is 0 Å². The number of aromatic hydroxyl groups is 1. The minimum atomic E-state index is -1.07. The standard InChI is InChI=1S/C12H11N3O4S/c16-8-3-7(4-13-5-8)11(17)14-2-1-10-15-9(6-20-10)12(18)19/h3-6,16H,1-2H2,(H,14,17)(H,18,19). The predicted octanol–water partition coefficient (Wildman–Crippen LogP) is 0.914. The van der Waals surface area contributed by atoms with Gasteiger partial charge in [0.1, 0.15) is 5.75 Å². The zero-order chi connectivity index (χ0) is 14.5. The van der Waals surface area contributed by atoms with Gasteiger partial charge in [-0.1, -0.05) is 0 Å². The average molecular weight is 293 g/mol. The summed E-state index contributed by atoms with van der Waals surface area (Å²) < 4.78 is 0. The molecule has 104 valence electrons. The Hall–Kier alpha value is -2.48. The predicted molar refractivity (Wildman–Crippen MR) is 71.0 cm³/mol. The van der Waals surface area contributed by atoms with Crippen molar-refractivity contribution in [2.45, 2.75) is 6.42 Å². The Morgan fingerprint density at radius 2 is 2.15 bits per heavy atom. The largest absolute Gasteiger partial charge is 0.506 e. The number of pyridine rings is 1. The van der Waals surface area contributed by atoms with E-state index in [0.717, 1.165) is 0 Å². The van der Waals surface area contributed by atoms with Crippen LogP contribution >= 0.6 is 11.3 Å². The number of hydrogen-bond acceptors (Lipinski definition) is 6. The van der Waals surface area contributed by atoms with Crippen molar-refractivity contribution < 1.29 is 19.8 Å². The molecule has 0 aliphatic rings. The number of carbonyl (C=O) groups excluding carboxylic acids is 1. The zero-order valence-corrected chi connectivity index (χ0v) is 11.1. The summed E-state index contributed by atoms with van der Waals surface area (Å²) in [7, 11) is 0. The average Bonchev–Trinajstić information content (AvgIpc) is 2.87. The van der Waals surface area contributed by atoms with Crippen molar-refractivity contribution in [3.05, 3.63) is 40.1 Å². The van der Waals surface area contributed by atoms with E-state index in [4.69, 9.17) is 5.11 Å². The lowest BCUT2D eigenvalue weighted by Gasteiger charge is -2.03. The maximum atomic E-state index is 11.7. The molecule has 0 saturated carbocycles. The molecule has 0 atom stereocenters. The van der Waals surface area contributed by atoms with Gasteiger partial charge < -0.3 is 15.5 Å². The summed E-state index contributed by atoms with van der Waals surface area (Å²) in [5.41, 5.74) is 0.267. The van der Waals surface area contributed by atoms with Crippen LogP contribution in [0.25, 0.3) is 0 Å². The van der Waals surface area contributed by atoms with Crippen LogP contribution in [0.5, 0.6) is 5.75 Å². The van der Waals surface area contributed by atoms with Gasteiger partial charge in [-0.05, 0) is 6.07 Å². The fourth-order valence-electron chi connectivity index (χ4n) is 1.46. The molecule has 0 saturated heterocycles. The molecule has 0 unspecified atom stereocenters. The molecule has 0 fully saturated rings. The molecule has 1 amide bonds. The van der Waals surface area contributed by atoms with Crippen LogP contribution in [-0.2, 0) is 6.42 Å². The van der Waals surface area contributed by atoms with Gasteiger partial charge in [-0.2, -0.15) is 0 Å². The summed E-state index contributed by atoms with van der Waals surface area (Å²) in [5.74, 6) is -1.51. The van der Waals surface area contributed by atoms with E-state index in [0.29, 0.717) is 18.0 Å². The van der Waals surface area contributed by atoms with Crippen molar-refractivity contribution in [1.29, 1.82) is 0 Å². The number of amides is 1. The lowest BCUT2D eigenvalue weighted by atomic mass is 10.2. The number of nitrogens with one attached hydrogen (secondary N) is 1. The van der Waals surface area contributed by atoms with Crippen molar-refractivity contribution in [3.63, 3.8) is 0 Å². The molecule has 2 aromatic heterocycles. The van der Waals surface area contributed by atoms with Crippen LogP contribution in [0.3, 0.4) is 0 Å². The van der Waals surface area contributed by atoms with E-state index in [1.54, 1.807) is 0 Å².